The Kier molecular flexibility index (Phi) is 5.89. The maximum Gasteiger partial charge on any atom is 0.293 e. The number of hydrogen-bond donors (Lipinski definition) is 1. The second-order valence-electron chi connectivity index (χ2n) is 7.09. The van der Waals surface area contributed by atoms with Gasteiger partial charge in [0.1, 0.15) is 0 Å². The predicted octanol–water partition coefficient (Wildman–Crippen LogP) is 4.00. The predicted molar refractivity (Wildman–Crippen MR) is 95.6 cm³/mol. The van der Waals surface area contributed by atoms with E-state index in [-0.39, 0.29) is 22.4 Å². The first kappa shape index (κ1) is 20.8. The number of ketones is 2. The number of amides is 1. The molecule has 2 rings (SSSR count). The Morgan fingerprint density at radius 1 is 1.04 bits per heavy atom. The molecule has 0 aliphatic carbocycles. The van der Waals surface area contributed by atoms with Crippen molar-refractivity contribution in [3.63, 3.8) is 0 Å². The van der Waals surface area contributed by atoms with Gasteiger partial charge in [0.2, 0.25) is 0 Å². The van der Waals surface area contributed by atoms with Crippen LogP contribution < -0.4 is 5.32 Å². The molecule has 0 fully saturated rings. The number of nitrogens with one attached hydrogen (secondary N) is 1. The number of halogens is 3. The van der Waals surface area contributed by atoms with E-state index >= 15 is 0 Å². The molecule has 0 radical (unpaired) electrons. The van der Waals surface area contributed by atoms with Crippen LogP contribution in [0.15, 0.2) is 18.2 Å². The third-order valence-electron chi connectivity index (χ3n) is 3.55. The quantitative estimate of drug-likeness (QED) is 0.471. The minimum atomic E-state index is -1.60. The third-order valence-corrected chi connectivity index (χ3v) is 4.59. The largest absolute Gasteiger partial charge is 0.345 e. The van der Waals surface area contributed by atoms with Gasteiger partial charge in [-0.2, -0.15) is 0 Å². The Morgan fingerprint density at radius 3 is 2.11 bits per heavy atom. The van der Waals surface area contributed by atoms with Crippen LogP contribution in [0.25, 0.3) is 0 Å². The summed E-state index contributed by atoms with van der Waals surface area (Å²) in [6.07, 6.45) is -0.368. The number of aryl methyl sites for hydroxylation is 1. The van der Waals surface area contributed by atoms with Gasteiger partial charge >= 0.3 is 0 Å². The second-order valence-corrected chi connectivity index (χ2v) is 8.34. The number of hydrogen-bond acceptors (Lipinski definition) is 4. The molecule has 0 atom stereocenters. The molecule has 27 heavy (non-hydrogen) atoms. The first-order chi connectivity index (χ1) is 12.4. The van der Waals surface area contributed by atoms with Crippen LogP contribution in [-0.2, 0) is 11.2 Å². The summed E-state index contributed by atoms with van der Waals surface area (Å²) in [4.78, 5) is 37.3. The van der Waals surface area contributed by atoms with E-state index in [0.717, 1.165) is 23.5 Å². The number of carbonyl (C=O) groups is 3. The summed E-state index contributed by atoms with van der Waals surface area (Å²) in [6, 6.07) is 2.80. The lowest BCUT2D eigenvalue weighted by Crippen LogP contribution is -2.44. The molecular formula is C19H18F3NO3S. The van der Waals surface area contributed by atoms with E-state index < -0.39 is 40.5 Å². The van der Waals surface area contributed by atoms with E-state index in [0.29, 0.717) is 4.88 Å². The summed E-state index contributed by atoms with van der Waals surface area (Å²) in [5.41, 5.74) is -0.438. The summed E-state index contributed by atoms with van der Waals surface area (Å²) >= 11 is 0.985. The van der Waals surface area contributed by atoms with E-state index in [1.54, 1.807) is 27.7 Å². The van der Waals surface area contributed by atoms with Crippen molar-refractivity contribution in [2.45, 2.75) is 39.7 Å². The molecule has 2 aromatic rings. The average molecular weight is 397 g/mol. The van der Waals surface area contributed by atoms with Gasteiger partial charge in [0, 0.05) is 22.4 Å². The molecule has 0 bridgehead atoms. The molecule has 0 aliphatic heterocycles. The highest BCUT2D eigenvalue weighted by molar-refractivity contribution is 7.15. The number of carbonyl (C=O) groups excluding carboxylic acids is 3. The summed E-state index contributed by atoms with van der Waals surface area (Å²) in [7, 11) is 0. The first-order valence-electron chi connectivity index (χ1n) is 8.03. The highest BCUT2D eigenvalue weighted by Gasteiger charge is 2.25. The fourth-order valence-electron chi connectivity index (χ4n) is 2.37. The van der Waals surface area contributed by atoms with Crippen LogP contribution in [-0.4, -0.2) is 23.0 Å². The van der Waals surface area contributed by atoms with Crippen LogP contribution in [0.5, 0.6) is 0 Å². The van der Waals surface area contributed by atoms with Crippen LogP contribution in [0, 0.1) is 24.4 Å². The van der Waals surface area contributed by atoms with Crippen molar-refractivity contribution in [1.82, 2.24) is 5.32 Å². The zero-order valence-electron chi connectivity index (χ0n) is 15.2. The monoisotopic (exact) mass is 397 g/mol. The SMILES string of the molecule is Cc1sc(C(=O)C(=O)NC(C)(C)C)cc1C(=O)Cc1cc(F)c(F)c(F)c1. The van der Waals surface area contributed by atoms with E-state index in [4.69, 9.17) is 0 Å². The zero-order chi connectivity index (χ0) is 20.5. The Balaban J connectivity index is 2.22. The Hall–Kier alpha value is -2.48. The van der Waals surface area contributed by atoms with Crippen LogP contribution in [0.4, 0.5) is 13.2 Å². The molecule has 4 nitrogen and oxygen atoms in total. The average Bonchev–Trinajstić information content (AvgIpc) is 2.92. The van der Waals surface area contributed by atoms with Crippen molar-refractivity contribution < 1.29 is 27.6 Å². The second kappa shape index (κ2) is 7.64. The smallest absolute Gasteiger partial charge is 0.293 e. The van der Waals surface area contributed by atoms with Gasteiger partial charge in [0.05, 0.1) is 4.88 Å². The maximum absolute atomic E-state index is 13.3. The lowest BCUT2D eigenvalue weighted by Gasteiger charge is -2.19. The Morgan fingerprint density at radius 2 is 1.59 bits per heavy atom. The van der Waals surface area contributed by atoms with E-state index in [9.17, 15) is 27.6 Å². The summed E-state index contributed by atoms with van der Waals surface area (Å²) < 4.78 is 39.6. The van der Waals surface area contributed by atoms with Crippen LogP contribution >= 0.6 is 11.3 Å². The molecular weight excluding hydrogens is 379 g/mol. The zero-order valence-corrected chi connectivity index (χ0v) is 16.0. The molecule has 1 heterocycles. The maximum atomic E-state index is 13.3. The lowest BCUT2D eigenvalue weighted by atomic mass is 10.0. The van der Waals surface area contributed by atoms with Crippen molar-refractivity contribution >= 4 is 28.8 Å². The van der Waals surface area contributed by atoms with Gasteiger partial charge in [-0.15, -0.1) is 11.3 Å². The fraction of sp³-hybridized carbons (Fsp3) is 0.316. The Bertz CT molecular complexity index is 906. The highest BCUT2D eigenvalue weighted by Crippen LogP contribution is 2.24. The topological polar surface area (TPSA) is 63.2 Å². The summed E-state index contributed by atoms with van der Waals surface area (Å²) in [6.45, 7) is 6.79. The molecule has 0 saturated carbocycles. The third kappa shape index (κ3) is 5.03. The van der Waals surface area contributed by atoms with Gasteiger partial charge in [-0.1, -0.05) is 0 Å². The fourth-order valence-corrected chi connectivity index (χ4v) is 3.35. The van der Waals surface area contributed by atoms with Gasteiger partial charge in [0.15, 0.2) is 23.2 Å². The molecule has 0 aliphatic rings. The first-order valence-corrected chi connectivity index (χ1v) is 8.84. The summed E-state index contributed by atoms with van der Waals surface area (Å²) in [5, 5.41) is 2.55. The van der Waals surface area contributed by atoms with E-state index in [1.807, 2.05) is 0 Å². The molecule has 0 spiro atoms. The van der Waals surface area contributed by atoms with Gasteiger partial charge < -0.3 is 5.32 Å². The van der Waals surface area contributed by atoms with Crippen molar-refractivity contribution in [1.29, 1.82) is 0 Å². The van der Waals surface area contributed by atoms with Crippen LogP contribution in [0.2, 0.25) is 0 Å². The standard InChI is InChI=1S/C19H18F3NO3S/c1-9-11(8-15(27-9)17(25)18(26)23-19(2,3)4)14(24)7-10-5-12(20)16(22)13(21)6-10/h5-6,8H,7H2,1-4H3,(H,23,26). The van der Waals surface area contributed by atoms with Crippen molar-refractivity contribution in [3.05, 3.63) is 56.5 Å². The molecule has 1 aromatic carbocycles. The number of benzene rings is 1. The van der Waals surface area contributed by atoms with Gasteiger partial charge in [-0.05, 0) is 51.5 Å². The van der Waals surface area contributed by atoms with E-state index in [2.05, 4.69) is 5.32 Å². The van der Waals surface area contributed by atoms with Gasteiger partial charge in [0.25, 0.3) is 11.7 Å². The van der Waals surface area contributed by atoms with Crippen LogP contribution in [0.3, 0.4) is 0 Å². The van der Waals surface area contributed by atoms with Gasteiger partial charge in [-0.3, -0.25) is 14.4 Å². The number of thiophene rings is 1. The van der Waals surface area contributed by atoms with Crippen molar-refractivity contribution in [2.75, 3.05) is 0 Å². The molecule has 144 valence electrons. The summed E-state index contributed by atoms with van der Waals surface area (Å²) in [5.74, 6) is -6.41. The molecule has 0 unspecified atom stereocenters. The van der Waals surface area contributed by atoms with Crippen molar-refractivity contribution in [2.24, 2.45) is 0 Å². The molecule has 8 heteroatoms. The lowest BCUT2D eigenvalue weighted by molar-refractivity contribution is -0.118. The molecule has 0 saturated heterocycles. The minimum Gasteiger partial charge on any atom is -0.345 e. The van der Waals surface area contributed by atoms with Crippen molar-refractivity contribution in [3.8, 4) is 0 Å². The normalized spacial score (nSPS) is 11.4. The molecule has 1 N–H and O–H groups in total. The van der Waals surface area contributed by atoms with Crippen LogP contribution in [0.1, 0.15) is 51.2 Å². The minimum absolute atomic E-state index is 0.0275. The number of rotatable bonds is 5. The van der Waals surface area contributed by atoms with E-state index in [1.165, 1.54) is 6.07 Å². The molecule has 1 aromatic heterocycles. The highest BCUT2D eigenvalue weighted by atomic mass is 32.1. The Labute approximate surface area is 158 Å². The number of Topliss-reactive ketones (excluding diaryl/α,β-unsaturated/α-hetero) is 2. The molecule has 1 amide bonds. The van der Waals surface area contributed by atoms with Gasteiger partial charge in [-0.25, -0.2) is 13.2 Å².